The quantitative estimate of drug-likeness (QED) is 0.173. The SMILES string of the molecule is CC(C)(C)c1ccncc1.CC(C)(C)c1ccncc1.Cc1cc(C)[n-]n1.Cc1cc(C)[n-]n1.Cc1cc(C)[n-]n1.[Er+3]. The van der Waals surface area contributed by atoms with Crippen molar-refractivity contribution in [2.24, 2.45) is 0 Å². The number of aryl methyl sites for hydroxylation is 6. The van der Waals surface area contributed by atoms with E-state index in [1.165, 1.54) is 11.1 Å². The van der Waals surface area contributed by atoms with Crippen LogP contribution in [-0.2, 0) is 10.8 Å². The Morgan fingerprint density at radius 3 is 0.786 bits per heavy atom. The molecule has 0 aliphatic carbocycles. The van der Waals surface area contributed by atoms with E-state index in [9.17, 15) is 0 Å². The van der Waals surface area contributed by atoms with Gasteiger partial charge in [-0.3, -0.25) is 9.97 Å². The first-order valence-electron chi connectivity index (χ1n) is 13.7. The van der Waals surface area contributed by atoms with Gasteiger partial charge >= 0.3 is 37.3 Å². The van der Waals surface area contributed by atoms with Crippen LogP contribution in [0, 0.1) is 78.8 Å². The standard InChI is InChI=1S/2C9H13N.3C5H7N2.Er/c2*1-9(2,3)8-4-6-10-7-5-8;3*1-4-3-5(2)7-6-4;/h2*4-7H,1-3H3;3*3H,1-2H3;/q;;3*-1;+3. The Bertz CT molecular complexity index is 1170. The molecule has 42 heavy (non-hydrogen) atoms. The molecule has 0 aliphatic heterocycles. The zero-order valence-corrected chi connectivity index (χ0v) is 29.1. The summed E-state index contributed by atoms with van der Waals surface area (Å²) in [6.07, 6.45) is 7.34. The first kappa shape index (κ1) is 39.2. The van der Waals surface area contributed by atoms with Crippen molar-refractivity contribution in [2.75, 3.05) is 0 Å². The van der Waals surface area contributed by atoms with E-state index in [0.29, 0.717) is 0 Å². The second-order valence-electron chi connectivity index (χ2n) is 11.9. The van der Waals surface area contributed by atoms with Crippen molar-refractivity contribution in [3.63, 3.8) is 0 Å². The maximum absolute atomic E-state index is 3.96. The van der Waals surface area contributed by atoms with Gasteiger partial charge in [0.2, 0.25) is 0 Å². The molecule has 231 valence electrons. The summed E-state index contributed by atoms with van der Waals surface area (Å²) in [5.74, 6) is 0. The Hall–Kier alpha value is -2.82. The number of nitrogens with zero attached hydrogens (tertiary/aromatic N) is 8. The van der Waals surface area contributed by atoms with Crippen molar-refractivity contribution in [2.45, 2.75) is 93.9 Å². The van der Waals surface area contributed by atoms with Crippen LogP contribution in [0.5, 0.6) is 0 Å². The molecule has 5 rings (SSSR count). The van der Waals surface area contributed by atoms with Gasteiger partial charge in [0.25, 0.3) is 0 Å². The predicted octanol–water partition coefficient (Wildman–Crippen LogP) is 6.73. The molecule has 0 bridgehead atoms. The summed E-state index contributed by atoms with van der Waals surface area (Å²) in [5.41, 5.74) is 9.16. The molecule has 0 N–H and O–H groups in total. The molecule has 0 spiro atoms. The molecule has 0 saturated heterocycles. The molecule has 0 fully saturated rings. The summed E-state index contributed by atoms with van der Waals surface area (Å²) in [7, 11) is 0. The van der Waals surface area contributed by atoms with Crippen LogP contribution in [0.2, 0.25) is 0 Å². The number of hydrogen-bond acceptors (Lipinski definition) is 5. The fourth-order valence-corrected chi connectivity index (χ4v) is 3.26. The van der Waals surface area contributed by atoms with Gasteiger partial charge in [-0.1, -0.05) is 80.5 Å². The minimum atomic E-state index is 0. The average molecular weight is 723 g/mol. The van der Waals surface area contributed by atoms with E-state index < -0.39 is 0 Å². The third kappa shape index (κ3) is 17.9. The molecule has 5 heterocycles. The zero-order valence-electron chi connectivity index (χ0n) is 27.2. The van der Waals surface area contributed by atoms with Crippen molar-refractivity contribution >= 4 is 0 Å². The van der Waals surface area contributed by atoms with Crippen LogP contribution in [0.25, 0.3) is 0 Å². The van der Waals surface area contributed by atoms with E-state index in [1.54, 1.807) is 0 Å². The number of hydrogen-bond donors (Lipinski definition) is 0. The van der Waals surface area contributed by atoms with Crippen LogP contribution < -0.4 is 15.3 Å². The second-order valence-corrected chi connectivity index (χ2v) is 11.9. The monoisotopic (exact) mass is 721 g/mol. The first-order valence-corrected chi connectivity index (χ1v) is 13.7. The Kier molecular flexibility index (Phi) is 18.1. The van der Waals surface area contributed by atoms with E-state index >= 15 is 0 Å². The first-order chi connectivity index (χ1) is 19.1. The van der Waals surface area contributed by atoms with Gasteiger partial charge in [0.05, 0.1) is 0 Å². The minimum absolute atomic E-state index is 0. The van der Waals surface area contributed by atoms with Crippen LogP contribution in [0.4, 0.5) is 0 Å². The topological polar surface area (TPSA) is 107 Å². The van der Waals surface area contributed by atoms with Crippen molar-refractivity contribution in [3.8, 4) is 0 Å². The van der Waals surface area contributed by atoms with E-state index in [0.717, 1.165) is 34.2 Å². The molecule has 1 radical (unpaired) electrons. The molecule has 0 amide bonds. The summed E-state index contributed by atoms with van der Waals surface area (Å²) < 4.78 is 0. The molecule has 9 heteroatoms. The number of pyridine rings is 2. The van der Waals surface area contributed by atoms with Gasteiger partial charge in [0.15, 0.2) is 0 Å². The summed E-state index contributed by atoms with van der Waals surface area (Å²) in [6.45, 7) is 24.8. The van der Waals surface area contributed by atoms with Gasteiger partial charge in [0, 0.05) is 41.9 Å². The maximum atomic E-state index is 3.96. The Balaban J connectivity index is 0.000000502. The zero-order chi connectivity index (χ0) is 31.1. The summed E-state index contributed by atoms with van der Waals surface area (Å²) in [6, 6.07) is 14.1. The van der Waals surface area contributed by atoms with Crippen molar-refractivity contribution in [3.05, 3.63) is 113 Å². The maximum Gasteiger partial charge on any atom is 3.00 e. The fraction of sp³-hybridized carbons (Fsp3) is 0.424. The normalized spacial score (nSPS) is 10.2. The predicted molar refractivity (Wildman–Crippen MR) is 167 cm³/mol. The smallest absolute Gasteiger partial charge is 0.579 e. The fourth-order valence-electron chi connectivity index (χ4n) is 3.26. The largest absolute Gasteiger partial charge is 3.00 e. The van der Waals surface area contributed by atoms with Crippen LogP contribution in [0.3, 0.4) is 0 Å². The average Bonchev–Trinajstić information content (AvgIpc) is 3.61. The molecule has 0 aliphatic rings. The van der Waals surface area contributed by atoms with E-state index in [2.05, 4.69) is 106 Å². The van der Waals surface area contributed by atoms with Crippen molar-refractivity contribution < 1.29 is 37.3 Å². The second kappa shape index (κ2) is 19.4. The Labute approximate surface area is 282 Å². The van der Waals surface area contributed by atoms with Gasteiger partial charge in [0.1, 0.15) is 0 Å². The van der Waals surface area contributed by atoms with E-state index in [-0.39, 0.29) is 48.1 Å². The summed E-state index contributed by atoms with van der Waals surface area (Å²) in [5, 5.41) is 22.6. The van der Waals surface area contributed by atoms with Crippen molar-refractivity contribution in [1.82, 2.24) is 40.6 Å². The van der Waals surface area contributed by atoms with Crippen LogP contribution >= 0.6 is 0 Å². The Morgan fingerprint density at radius 1 is 0.452 bits per heavy atom. The van der Waals surface area contributed by atoms with E-state index in [1.807, 2.05) is 84.5 Å². The van der Waals surface area contributed by atoms with Gasteiger partial charge in [-0.15, -0.1) is 17.1 Å². The van der Waals surface area contributed by atoms with Crippen LogP contribution in [0.1, 0.15) is 86.8 Å². The summed E-state index contributed by atoms with van der Waals surface area (Å²) in [4.78, 5) is 7.92. The molecule has 0 unspecified atom stereocenters. The molecule has 0 atom stereocenters. The molecule has 5 aromatic rings. The van der Waals surface area contributed by atoms with Gasteiger partial charge < -0.3 is 30.6 Å². The molecule has 0 aromatic carbocycles. The molecule has 5 aromatic heterocycles. The molecule has 0 saturated carbocycles. The van der Waals surface area contributed by atoms with Crippen LogP contribution in [-0.4, -0.2) is 25.3 Å². The minimum Gasteiger partial charge on any atom is -0.579 e. The third-order valence-corrected chi connectivity index (χ3v) is 5.44. The molecule has 8 nitrogen and oxygen atoms in total. The Morgan fingerprint density at radius 2 is 0.690 bits per heavy atom. The number of rotatable bonds is 0. The molecular weight excluding hydrogens is 676 g/mol. The van der Waals surface area contributed by atoms with Gasteiger partial charge in [-0.2, -0.15) is 0 Å². The third-order valence-electron chi connectivity index (χ3n) is 5.44. The number of aromatic nitrogens is 8. The van der Waals surface area contributed by atoms with E-state index in [4.69, 9.17) is 0 Å². The summed E-state index contributed by atoms with van der Waals surface area (Å²) >= 11 is 0. The van der Waals surface area contributed by atoms with Crippen LogP contribution in [0.15, 0.2) is 67.3 Å². The van der Waals surface area contributed by atoms with Gasteiger partial charge in [-0.25, -0.2) is 0 Å². The molecular formula is C33H47ErN8. The van der Waals surface area contributed by atoms with Gasteiger partial charge in [-0.05, 0) is 67.0 Å². The van der Waals surface area contributed by atoms with Crippen molar-refractivity contribution in [1.29, 1.82) is 0 Å².